The Morgan fingerprint density at radius 3 is 2.42 bits per heavy atom. The number of carbonyl (C=O) groups excluding carboxylic acids is 1. The summed E-state index contributed by atoms with van der Waals surface area (Å²) in [4.78, 5) is 24.7. The van der Waals surface area contributed by atoms with E-state index in [0.29, 0.717) is 9.70 Å². The zero-order valence-corrected chi connectivity index (χ0v) is 14.0. The molecule has 138 valence electrons. The van der Waals surface area contributed by atoms with Crippen molar-refractivity contribution in [1.82, 2.24) is 14.7 Å². The van der Waals surface area contributed by atoms with Crippen molar-refractivity contribution in [2.24, 2.45) is 5.92 Å². The highest BCUT2D eigenvalue weighted by Crippen LogP contribution is 2.35. The summed E-state index contributed by atoms with van der Waals surface area (Å²) in [6.07, 6.45) is -3.77. The van der Waals surface area contributed by atoms with E-state index in [1.165, 1.54) is 24.3 Å². The summed E-state index contributed by atoms with van der Waals surface area (Å²) in [5.74, 6) is -2.74. The summed E-state index contributed by atoms with van der Waals surface area (Å²) >= 11 is 5.75. The van der Waals surface area contributed by atoms with E-state index in [4.69, 9.17) is 16.7 Å². The van der Waals surface area contributed by atoms with Gasteiger partial charge in [0, 0.05) is 18.1 Å². The second-order valence-electron chi connectivity index (χ2n) is 5.87. The molecule has 6 nitrogen and oxygen atoms in total. The van der Waals surface area contributed by atoms with Crippen LogP contribution in [0.1, 0.15) is 22.5 Å². The van der Waals surface area contributed by atoms with E-state index in [1.807, 2.05) is 0 Å². The monoisotopic (exact) mass is 387 g/mol. The lowest BCUT2D eigenvalue weighted by Gasteiger charge is -2.17. The maximum atomic E-state index is 13.6. The number of hydrogen-bond donors (Lipinski definition) is 1. The Kier molecular flexibility index (Phi) is 4.66. The predicted molar refractivity (Wildman–Crippen MR) is 85.2 cm³/mol. The number of hydrogen-bond acceptors (Lipinski definition) is 3. The van der Waals surface area contributed by atoms with Gasteiger partial charge in [0.25, 0.3) is 5.91 Å². The largest absolute Gasteiger partial charge is 0.481 e. The van der Waals surface area contributed by atoms with Crippen LogP contribution in [-0.2, 0) is 11.0 Å². The van der Waals surface area contributed by atoms with Crippen molar-refractivity contribution in [3.63, 3.8) is 0 Å². The summed E-state index contributed by atoms with van der Waals surface area (Å²) in [5.41, 5.74) is -1.72. The van der Waals surface area contributed by atoms with Gasteiger partial charge in [-0.15, -0.1) is 0 Å². The van der Waals surface area contributed by atoms with Crippen molar-refractivity contribution >= 4 is 23.5 Å². The van der Waals surface area contributed by atoms with E-state index in [0.717, 1.165) is 11.1 Å². The third-order valence-electron chi connectivity index (χ3n) is 4.16. The number of rotatable bonds is 3. The van der Waals surface area contributed by atoms with Crippen LogP contribution >= 0.6 is 11.6 Å². The smallest absolute Gasteiger partial charge is 0.434 e. The maximum Gasteiger partial charge on any atom is 0.434 e. The Bertz CT molecular complexity index is 849. The van der Waals surface area contributed by atoms with Crippen LogP contribution in [0, 0.1) is 5.92 Å². The van der Waals surface area contributed by atoms with Gasteiger partial charge in [0.1, 0.15) is 0 Å². The number of carbonyl (C=O) groups is 2. The normalized spacial score (nSPS) is 17.5. The highest BCUT2D eigenvalue weighted by Gasteiger charge is 2.42. The number of aromatic nitrogens is 2. The van der Waals surface area contributed by atoms with E-state index in [2.05, 4.69) is 5.10 Å². The van der Waals surface area contributed by atoms with Crippen molar-refractivity contribution in [3.05, 3.63) is 46.7 Å². The number of likely N-dealkylation sites (tertiary alicyclic amines) is 1. The third-order valence-corrected chi connectivity index (χ3v) is 4.42. The first-order chi connectivity index (χ1) is 12.2. The van der Waals surface area contributed by atoms with Crippen molar-refractivity contribution in [2.75, 3.05) is 13.1 Å². The van der Waals surface area contributed by atoms with E-state index >= 15 is 0 Å². The standard InChI is InChI=1S/C16H13ClF3N3O3/c17-10-1-3-11(4-2-10)23-13(16(18,19)20)12(7-21-23)14(24)22-6-5-9(8-22)15(25)26/h1-4,7,9H,5-6,8H2,(H,25,26). The van der Waals surface area contributed by atoms with Gasteiger partial charge in [0.15, 0.2) is 5.69 Å². The molecule has 1 aliphatic rings. The van der Waals surface area contributed by atoms with Crippen molar-refractivity contribution < 1.29 is 27.9 Å². The molecule has 0 radical (unpaired) electrons. The van der Waals surface area contributed by atoms with Gasteiger partial charge in [0.2, 0.25) is 0 Å². The molecule has 0 bridgehead atoms. The number of amides is 1. The molecule has 2 aromatic rings. The molecule has 3 rings (SSSR count). The first-order valence-electron chi connectivity index (χ1n) is 7.61. The van der Waals surface area contributed by atoms with E-state index in [-0.39, 0.29) is 25.2 Å². The van der Waals surface area contributed by atoms with E-state index < -0.39 is 35.2 Å². The molecule has 1 N–H and O–H groups in total. The fourth-order valence-electron chi connectivity index (χ4n) is 2.87. The summed E-state index contributed by atoms with van der Waals surface area (Å²) in [5, 5.41) is 13.1. The molecule has 1 unspecified atom stereocenters. The van der Waals surface area contributed by atoms with Gasteiger partial charge in [-0.2, -0.15) is 18.3 Å². The first-order valence-corrected chi connectivity index (χ1v) is 7.99. The summed E-state index contributed by atoms with van der Waals surface area (Å²) in [7, 11) is 0. The van der Waals surface area contributed by atoms with Crippen molar-refractivity contribution in [2.45, 2.75) is 12.6 Å². The highest BCUT2D eigenvalue weighted by atomic mass is 35.5. The van der Waals surface area contributed by atoms with Crippen LogP contribution in [0.4, 0.5) is 13.2 Å². The zero-order chi connectivity index (χ0) is 19.1. The van der Waals surface area contributed by atoms with Gasteiger partial charge >= 0.3 is 12.1 Å². The molecular formula is C16H13ClF3N3O3. The molecule has 0 aliphatic carbocycles. The Labute approximate surface area is 150 Å². The number of alkyl halides is 3. The predicted octanol–water partition coefficient (Wildman–Crippen LogP) is 3.09. The Hall–Kier alpha value is -2.55. The molecule has 1 aromatic carbocycles. The van der Waals surface area contributed by atoms with Crippen LogP contribution in [0.3, 0.4) is 0 Å². The van der Waals surface area contributed by atoms with Crippen LogP contribution < -0.4 is 0 Å². The number of carboxylic acids is 1. The Morgan fingerprint density at radius 2 is 1.88 bits per heavy atom. The quantitative estimate of drug-likeness (QED) is 0.878. The minimum absolute atomic E-state index is 0.0826. The summed E-state index contributed by atoms with van der Waals surface area (Å²) in [6, 6.07) is 5.54. The molecule has 2 heterocycles. The van der Waals surface area contributed by atoms with E-state index in [9.17, 15) is 22.8 Å². The molecule has 1 amide bonds. The molecule has 1 aromatic heterocycles. The third kappa shape index (κ3) is 3.39. The lowest BCUT2D eigenvalue weighted by Crippen LogP contribution is -2.31. The Morgan fingerprint density at radius 1 is 1.23 bits per heavy atom. The summed E-state index contributed by atoms with van der Waals surface area (Å²) in [6.45, 7) is -0.0448. The van der Waals surface area contributed by atoms with Gasteiger partial charge in [-0.05, 0) is 30.7 Å². The molecule has 1 fully saturated rings. The van der Waals surface area contributed by atoms with Crippen LogP contribution in [-0.4, -0.2) is 44.8 Å². The maximum absolute atomic E-state index is 13.6. The molecular weight excluding hydrogens is 375 g/mol. The van der Waals surface area contributed by atoms with Crippen LogP contribution in [0.25, 0.3) is 5.69 Å². The molecule has 0 spiro atoms. The number of benzene rings is 1. The van der Waals surface area contributed by atoms with Gasteiger partial charge in [-0.3, -0.25) is 9.59 Å². The first kappa shape index (κ1) is 18.2. The number of halogens is 4. The highest BCUT2D eigenvalue weighted by molar-refractivity contribution is 6.30. The second-order valence-corrected chi connectivity index (χ2v) is 6.30. The second kappa shape index (κ2) is 6.64. The molecule has 10 heteroatoms. The van der Waals surface area contributed by atoms with Crippen molar-refractivity contribution in [1.29, 1.82) is 0 Å². The summed E-state index contributed by atoms with van der Waals surface area (Å²) < 4.78 is 41.5. The molecule has 26 heavy (non-hydrogen) atoms. The van der Waals surface area contributed by atoms with E-state index in [1.54, 1.807) is 0 Å². The minimum atomic E-state index is -4.83. The number of aliphatic carboxylic acids is 1. The SMILES string of the molecule is O=C(O)C1CCN(C(=O)c2cnn(-c3ccc(Cl)cc3)c2C(F)(F)F)C1. The van der Waals surface area contributed by atoms with Crippen molar-refractivity contribution in [3.8, 4) is 5.69 Å². The number of carboxylic acid groups (broad SMARTS) is 1. The fourth-order valence-corrected chi connectivity index (χ4v) is 3.00. The minimum Gasteiger partial charge on any atom is -0.481 e. The Balaban J connectivity index is 1.99. The molecule has 1 saturated heterocycles. The fraction of sp³-hybridized carbons (Fsp3) is 0.312. The molecule has 1 atom stereocenters. The van der Waals surface area contributed by atoms with Gasteiger partial charge in [0.05, 0.1) is 23.4 Å². The van der Waals surface area contributed by atoms with Gasteiger partial charge < -0.3 is 10.0 Å². The molecule has 1 aliphatic heterocycles. The average Bonchev–Trinajstić information content (AvgIpc) is 3.22. The van der Waals surface area contributed by atoms with Gasteiger partial charge in [-0.1, -0.05) is 11.6 Å². The zero-order valence-electron chi connectivity index (χ0n) is 13.2. The lowest BCUT2D eigenvalue weighted by molar-refractivity contribution is -0.143. The number of nitrogens with zero attached hydrogens (tertiary/aromatic N) is 3. The topological polar surface area (TPSA) is 75.4 Å². The van der Waals surface area contributed by atoms with Gasteiger partial charge in [-0.25, -0.2) is 4.68 Å². The van der Waals surface area contributed by atoms with Crippen LogP contribution in [0.2, 0.25) is 5.02 Å². The van der Waals surface area contributed by atoms with Crippen LogP contribution in [0.15, 0.2) is 30.5 Å². The average molecular weight is 388 g/mol. The van der Waals surface area contributed by atoms with Crippen LogP contribution in [0.5, 0.6) is 0 Å². The molecule has 0 saturated carbocycles. The lowest BCUT2D eigenvalue weighted by atomic mass is 10.1.